The van der Waals surface area contributed by atoms with E-state index in [0.29, 0.717) is 5.56 Å². The lowest BCUT2D eigenvalue weighted by atomic mass is 10.1. The van der Waals surface area contributed by atoms with Crippen molar-refractivity contribution in [2.75, 3.05) is 0 Å². The van der Waals surface area contributed by atoms with Crippen molar-refractivity contribution in [2.24, 2.45) is 5.16 Å². The summed E-state index contributed by atoms with van der Waals surface area (Å²) in [4.78, 5) is -0.320. The SMILES string of the molecule is Cc1ccc(S(=O)(=O)Oc2ccc(S(=O)(=O)O/N=C(\C#N)c3ccccc3)cc2)cc1. The van der Waals surface area contributed by atoms with Crippen LogP contribution in [0.3, 0.4) is 0 Å². The number of oxime groups is 1. The van der Waals surface area contributed by atoms with Crippen molar-refractivity contribution in [1.29, 1.82) is 5.26 Å². The van der Waals surface area contributed by atoms with Gasteiger partial charge in [0.25, 0.3) is 0 Å². The van der Waals surface area contributed by atoms with E-state index in [1.54, 1.807) is 48.5 Å². The van der Waals surface area contributed by atoms with E-state index in [-0.39, 0.29) is 21.3 Å². The lowest BCUT2D eigenvalue weighted by Crippen LogP contribution is -2.10. The first-order chi connectivity index (χ1) is 14.7. The van der Waals surface area contributed by atoms with Crippen molar-refractivity contribution in [2.45, 2.75) is 16.7 Å². The monoisotopic (exact) mass is 456 g/mol. The van der Waals surface area contributed by atoms with Crippen molar-refractivity contribution < 1.29 is 25.3 Å². The van der Waals surface area contributed by atoms with Crippen LogP contribution in [0.5, 0.6) is 5.75 Å². The molecule has 0 aliphatic carbocycles. The molecule has 31 heavy (non-hydrogen) atoms. The minimum absolute atomic E-state index is 0.0302. The van der Waals surface area contributed by atoms with Gasteiger partial charge in [-0.1, -0.05) is 53.2 Å². The first kappa shape index (κ1) is 22.0. The number of aryl methyl sites for hydroxylation is 1. The number of rotatable bonds is 7. The van der Waals surface area contributed by atoms with E-state index in [1.165, 1.54) is 24.3 Å². The van der Waals surface area contributed by atoms with Gasteiger partial charge in [-0.05, 0) is 43.3 Å². The zero-order valence-electron chi connectivity index (χ0n) is 16.2. The van der Waals surface area contributed by atoms with Gasteiger partial charge in [0, 0.05) is 5.56 Å². The summed E-state index contributed by atoms with van der Waals surface area (Å²) in [5.74, 6) is -0.0787. The maximum absolute atomic E-state index is 12.3. The molecule has 0 fully saturated rings. The van der Waals surface area contributed by atoms with Gasteiger partial charge in [0.15, 0.2) is 5.71 Å². The van der Waals surface area contributed by atoms with Crippen LogP contribution < -0.4 is 4.18 Å². The van der Waals surface area contributed by atoms with Gasteiger partial charge in [-0.2, -0.15) is 22.1 Å². The third kappa shape index (κ3) is 5.48. The van der Waals surface area contributed by atoms with E-state index in [2.05, 4.69) is 9.44 Å². The summed E-state index contributed by atoms with van der Waals surface area (Å²) in [6, 6.07) is 20.7. The molecule has 0 aliphatic heterocycles. The quantitative estimate of drug-likeness (QED) is 0.303. The van der Waals surface area contributed by atoms with E-state index in [0.717, 1.165) is 17.7 Å². The van der Waals surface area contributed by atoms with Gasteiger partial charge in [-0.3, -0.25) is 4.28 Å². The predicted molar refractivity (Wildman–Crippen MR) is 112 cm³/mol. The molecule has 0 bridgehead atoms. The molecule has 0 heterocycles. The van der Waals surface area contributed by atoms with Crippen molar-refractivity contribution in [3.8, 4) is 11.8 Å². The van der Waals surface area contributed by atoms with Crippen LogP contribution >= 0.6 is 0 Å². The van der Waals surface area contributed by atoms with E-state index in [9.17, 15) is 22.1 Å². The Morgan fingerprint density at radius 2 is 1.35 bits per heavy atom. The van der Waals surface area contributed by atoms with Crippen molar-refractivity contribution in [3.63, 3.8) is 0 Å². The third-order valence-electron chi connectivity index (χ3n) is 4.01. The summed E-state index contributed by atoms with van der Waals surface area (Å²) in [7, 11) is -8.41. The molecule has 0 spiro atoms. The number of benzene rings is 3. The Labute approximate surface area is 180 Å². The second kappa shape index (κ2) is 8.99. The summed E-state index contributed by atoms with van der Waals surface area (Å²) < 4.78 is 59.0. The first-order valence-electron chi connectivity index (χ1n) is 8.80. The molecule has 0 amide bonds. The molecule has 0 atom stereocenters. The lowest BCUT2D eigenvalue weighted by Gasteiger charge is -2.08. The van der Waals surface area contributed by atoms with Gasteiger partial charge in [-0.25, -0.2) is 0 Å². The molecule has 0 aliphatic rings. The molecule has 0 N–H and O–H groups in total. The molecule has 0 saturated heterocycles. The van der Waals surface area contributed by atoms with Crippen LogP contribution in [-0.4, -0.2) is 22.5 Å². The maximum Gasteiger partial charge on any atom is 0.358 e. The molecule has 3 aromatic rings. The Morgan fingerprint density at radius 3 is 1.94 bits per heavy atom. The average molecular weight is 457 g/mol. The van der Waals surface area contributed by atoms with Crippen LogP contribution in [0.2, 0.25) is 0 Å². The highest BCUT2D eigenvalue weighted by Gasteiger charge is 2.19. The van der Waals surface area contributed by atoms with Gasteiger partial charge in [-0.15, -0.1) is 0 Å². The van der Waals surface area contributed by atoms with Gasteiger partial charge in [0.1, 0.15) is 21.6 Å². The normalized spacial score (nSPS) is 12.1. The Balaban J connectivity index is 1.76. The molecule has 0 aromatic heterocycles. The van der Waals surface area contributed by atoms with E-state index < -0.39 is 20.2 Å². The topological polar surface area (TPSA) is 123 Å². The van der Waals surface area contributed by atoms with Crippen molar-refractivity contribution in [1.82, 2.24) is 0 Å². The van der Waals surface area contributed by atoms with Crippen LogP contribution in [0.15, 0.2) is 93.8 Å². The molecule has 0 saturated carbocycles. The standard InChI is InChI=1S/C21H16N2O6S2/c1-16-7-11-19(12-8-16)30(24,25)28-18-9-13-20(14-10-18)31(26,27)29-23-21(15-22)17-5-3-2-4-6-17/h2-14H,1H3/b23-21+. The van der Waals surface area contributed by atoms with Crippen LogP contribution in [0.1, 0.15) is 11.1 Å². The fourth-order valence-electron chi connectivity index (χ4n) is 2.40. The largest absolute Gasteiger partial charge is 0.379 e. The van der Waals surface area contributed by atoms with Gasteiger partial charge in [0.2, 0.25) is 0 Å². The number of nitrogens with zero attached hydrogens (tertiary/aromatic N) is 2. The fourth-order valence-corrected chi connectivity index (χ4v) is 4.06. The molecule has 8 nitrogen and oxygen atoms in total. The van der Waals surface area contributed by atoms with Gasteiger partial charge < -0.3 is 4.18 Å². The highest BCUT2D eigenvalue weighted by Crippen LogP contribution is 2.22. The van der Waals surface area contributed by atoms with E-state index in [1.807, 2.05) is 6.92 Å². The number of hydrogen-bond donors (Lipinski definition) is 0. The smallest absolute Gasteiger partial charge is 0.358 e. The van der Waals surface area contributed by atoms with E-state index in [4.69, 9.17) is 4.18 Å². The Morgan fingerprint density at radius 1 is 0.806 bits per heavy atom. The molecular weight excluding hydrogens is 440 g/mol. The van der Waals surface area contributed by atoms with Gasteiger partial charge in [0.05, 0.1) is 0 Å². The minimum Gasteiger partial charge on any atom is -0.379 e. The number of nitriles is 1. The third-order valence-corrected chi connectivity index (χ3v) is 6.39. The summed E-state index contributed by atoms with van der Waals surface area (Å²) in [5, 5.41) is 12.6. The second-order valence-corrected chi connectivity index (χ2v) is 9.34. The van der Waals surface area contributed by atoms with Gasteiger partial charge >= 0.3 is 20.2 Å². The Bertz CT molecular complexity index is 1340. The maximum atomic E-state index is 12.3. The zero-order valence-corrected chi connectivity index (χ0v) is 17.8. The molecule has 0 unspecified atom stereocenters. The summed E-state index contributed by atoms with van der Waals surface area (Å²) in [6.07, 6.45) is 0. The van der Waals surface area contributed by atoms with Crippen molar-refractivity contribution >= 4 is 25.9 Å². The highest BCUT2D eigenvalue weighted by atomic mass is 32.2. The minimum atomic E-state index is -4.33. The highest BCUT2D eigenvalue weighted by molar-refractivity contribution is 7.87. The van der Waals surface area contributed by atoms with Crippen LogP contribution in [-0.2, 0) is 24.5 Å². The van der Waals surface area contributed by atoms with E-state index >= 15 is 0 Å². The Kier molecular flexibility index (Phi) is 6.39. The fraction of sp³-hybridized carbons (Fsp3) is 0.0476. The summed E-state index contributed by atoms with van der Waals surface area (Å²) >= 11 is 0. The molecule has 3 rings (SSSR count). The Hall–Kier alpha value is -3.68. The lowest BCUT2D eigenvalue weighted by molar-refractivity contribution is 0.339. The van der Waals surface area contributed by atoms with Crippen LogP contribution in [0, 0.1) is 18.3 Å². The number of hydrogen-bond acceptors (Lipinski definition) is 8. The van der Waals surface area contributed by atoms with Crippen LogP contribution in [0.25, 0.3) is 0 Å². The zero-order chi connectivity index (χ0) is 22.5. The first-order valence-corrected chi connectivity index (χ1v) is 11.6. The summed E-state index contributed by atoms with van der Waals surface area (Å²) in [5.41, 5.74) is 1.07. The summed E-state index contributed by atoms with van der Waals surface area (Å²) in [6.45, 7) is 1.82. The molecule has 10 heteroatoms. The molecule has 3 aromatic carbocycles. The average Bonchev–Trinajstić information content (AvgIpc) is 2.75. The molecule has 0 radical (unpaired) electrons. The molecular formula is C21H16N2O6S2. The van der Waals surface area contributed by atoms with Crippen molar-refractivity contribution in [3.05, 3.63) is 90.0 Å². The predicted octanol–water partition coefficient (Wildman–Crippen LogP) is 3.40. The van der Waals surface area contributed by atoms with Crippen LogP contribution in [0.4, 0.5) is 0 Å². The molecule has 158 valence electrons. The second-order valence-electron chi connectivity index (χ2n) is 6.27.